The molecule has 0 bridgehead atoms. The fourth-order valence-electron chi connectivity index (χ4n) is 5.52. The maximum atomic E-state index is 9.63. The van der Waals surface area contributed by atoms with Gasteiger partial charge in [0.2, 0.25) is 0 Å². The second-order valence-electron chi connectivity index (χ2n) is 9.24. The van der Waals surface area contributed by atoms with Gasteiger partial charge in [0, 0.05) is 37.4 Å². The van der Waals surface area contributed by atoms with E-state index in [9.17, 15) is 5.26 Å². The predicted molar refractivity (Wildman–Crippen MR) is 135 cm³/mol. The van der Waals surface area contributed by atoms with Gasteiger partial charge < -0.3 is 13.9 Å². The molecular weight excluding hydrogens is 436 g/mol. The molecule has 0 aliphatic carbocycles. The van der Waals surface area contributed by atoms with Gasteiger partial charge in [-0.3, -0.25) is 4.98 Å². The average Bonchev–Trinajstić information content (AvgIpc) is 3.41. The Hall–Kier alpha value is -4.02. The number of nitriles is 1. The van der Waals surface area contributed by atoms with Gasteiger partial charge in [-0.05, 0) is 49.4 Å². The van der Waals surface area contributed by atoms with Crippen LogP contribution in [-0.4, -0.2) is 37.3 Å². The summed E-state index contributed by atoms with van der Waals surface area (Å²) >= 11 is 0. The van der Waals surface area contributed by atoms with Crippen LogP contribution in [0.25, 0.3) is 33.3 Å². The molecule has 0 unspecified atom stereocenters. The van der Waals surface area contributed by atoms with E-state index in [1.165, 1.54) is 5.56 Å². The molecule has 0 N–H and O–H groups in total. The van der Waals surface area contributed by atoms with Crippen molar-refractivity contribution in [2.75, 3.05) is 13.2 Å². The van der Waals surface area contributed by atoms with Crippen LogP contribution in [0.1, 0.15) is 35.8 Å². The van der Waals surface area contributed by atoms with Crippen LogP contribution in [0.3, 0.4) is 0 Å². The van der Waals surface area contributed by atoms with E-state index >= 15 is 0 Å². The number of rotatable bonds is 4. The number of hydrogen-bond acceptors (Lipinski definition) is 5. The summed E-state index contributed by atoms with van der Waals surface area (Å²) in [5.41, 5.74) is 7.36. The first-order chi connectivity index (χ1) is 17.2. The molecule has 1 fully saturated rings. The van der Waals surface area contributed by atoms with Gasteiger partial charge in [-0.25, -0.2) is 9.97 Å². The molecule has 1 atom stereocenters. The number of fused-ring (bicyclic) bond motifs is 3. The summed E-state index contributed by atoms with van der Waals surface area (Å²) in [4.78, 5) is 14.2. The number of hydrogen-bond donors (Lipinski definition) is 0. The second-order valence-corrected chi connectivity index (χ2v) is 9.24. The summed E-state index contributed by atoms with van der Waals surface area (Å²) in [6.45, 7) is 3.52. The number of pyridine rings is 2. The third-order valence-electron chi connectivity index (χ3n) is 7.13. The summed E-state index contributed by atoms with van der Waals surface area (Å²) in [6.07, 6.45) is 5.68. The first-order valence-electron chi connectivity index (χ1n) is 12.0. The largest absolute Gasteiger partial charge is 0.381 e. The molecule has 0 saturated carbocycles. The Labute approximate surface area is 203 Å². The minimum absolute atomic E-state index is 0.0474. The molecule has 1 aliphatic heterocycles. The Morgan fingerprint density at radius 1 is 1.09 bits per heavy atom. The fourth-order valence-corrected chi connectivity index (χ4v) is 5.52. The minimum atomic E-state index is 0.0474. The van der Waals surface area contributed by atoms with E-state index in [0.717, 1.165) is 65.1 Å². The van der Waals surface area contributed by atoms with Crippen molar-refractivity contribution in [3.05, 3.63) is 78.0 Å². The van der Waals surface area contributed by atoms with Crippen LogP contribution in [0.2, 0.25) is 0 Å². The van der Waals surface area contributed by atoms with Crippen LogP contribution in [0.5, 0.6) is 0 Å². The zero-order chi connectivity index (χ0) is 23.9. The van der Waals surface area contributed by atoms with Gasteiger partial charge in [0.25, 0.3) is 0 Å². The standard InChI is InChI=1S/C28H26N6O/c1-18-26(33(2)17-31-18)21-14-24-25(30-16-21)23-9-8-22(15-29)32-28(23)34(24)27(19-6-4-3-5-7-19)20-10-12-35-13-11-20/h3-9,14,16-17,20,27H,10-13H2,1-2H3/t27-/m1/s1. The summed E-state index contributed by atoms with van der Waals surface area (Å²) in [6, 6.07) is 18.8. The number of nitrogens with zero attached hydrogens (tertiary/aromatic N) is 6. The van der Waals surface area contributed by atoms with Crippen molar-refractivity contribution in [3.63, 3.8) is 0 Å². The molecule has 174 valence electrons. The minimum Gasteiger partial charge on any atom is -0.381 e. The lowest BCUT2D eigenvalue weighted by Crippen LogP contribution is -2.27. The molecule has 0 amide bonds. The van der Waals surface area contributed by atoms with Gasteiger partial charge in [-0.2, -0.15) is 5.26 Å². The van der Waals surface area contributed by atoms with E-state index in [4.69, 9.17) is 14.7 Å². The third kappa shape index (κ3) is 3.58. The molecule has 7 nitrogen and oxygen atoms in total. The van der Waals surface area contributed by atoms with Crippen LogP contribution in [0.15, 0.2) is 61.1 Å². The van der Waals surface area contributed by atoms with E-state index in [0.29, 0.717) is 11.6 Å². The fraction of sp³-hybridized carbons (Fsp3) is 0.286. The highest BCUT2D eigenvalue weighted by atomic mass is 16.5. The first-order valence-corrected chi connectivity index (χ1v) is 12.0. The molecular formula is C28H26N6O. The first kappa shape index (κ1) is 21.5. The van der Waals surface area contributed by atoms with E-state index in [-0.39, 0.29) is 6.04 Å². The van der Waals surface area contributed by atoms with Crippen LogP contribution >= 0.6 is 0 Å². The Kier molecular flexibility index (Phi) is 5.31. The maximum absolute atomic E-state index is 9.63. The molecule has 7 heteroatoms. The van der Waals surface area contributed by atoms with Crippen molar-refractivity contribution in [2.45, 2.75) is 25.8 Å². The highest BCUT2D eigenvalue weighted by molar-refractivity contribution is 6.05. The van der Waals surface area contributed by atoms with Crippen molar-refractivity contribution in [1.29, 1.82) is 5.26 Å². The molecule has 1 saturated heterocycles. The summed E-state index contributed by atoms with van der Waals surface area (Å²) in [5.74, 6) is 0.375. The van der Waals surface area contributed by atoms with Gasteiger partial charge in [-0.1, -0.05) is 30.3 Å². The Balaban J connectivity index is 1.69. The van der Waals surface area contributed by atoms with Gasteiger partial charge >= 0.3 is 0 Å². The van der Waals surface area contributed by atoms with E-state index in [2.05, 4.69) is 46.0 Å². The lowest BCUT2D eigenvalue weighted by molar-refractivity contribution is 0.0552. The highest BCUT2D eigenvalue weighted by Crippen LogP contribution is 2.40. The SMILES string of the molecule is Cc1ncn(C)c1-c1cnc2c3ccc(C#N)nc3n([C@H](c3ccccc3)C3CCOCC3)c2c1. The number of aromatic nitrogens is 5. The van der Waals surface area contributed by atoms with E-state index in [1.807, 2.05) is 43.2 Å². The van der Waals surface area contributed by atoms with Gasteiger partial charge in [-0.15, -0.1) is 0 Å². The van der Waals surface area contributed by atoms with Crippen LogP contribution in [0, 0.1) is 24.2 Å². The lowest BCUT2D eigenvalue weighted by atomic mass is 9.86. The zero-order valence-electron chi connectivity index (χ0n) is 19.8. The maximum Gasteiger partial charge on any atom is 0.144 e. The van der Waals surface area contributed by atoms with Crippen molar-refractivity contribution in [3.8, 4) is 17.3 Å². The topological polar surface area (TPSA) is 81.5 Å². The van der Waals surface area contributed by atoms with Crippen molar-refractivity contribution in [1.82, 2.24) is 24.1 Å². The van der Waals surface area contributed by atoms with Crippen molar-refractivity contribution in [2.24, 2.45) is 13.0 Å². The molecule has 0 spiro atoms. The van der Waals surface area contributed by atoms with Crippen LogP contribution in [0.4, 0.5) is 0 Å². The van der Waals surface area contributed by atoms with Crippen LogP contribution < -0.4 is 0 Å². The summed E-state index contributed by atoms with van der Waals surface area (Å²) in [5, 5.41) is 10.6. The smallest absolute Gasteiger partial charge is 0.144 e. The molecule has 5 aromatic rings. The van der Waals surface area contributed by atoms with E-state index < -0.39 is 0 Å². The molecule has 1 aliphatic rings. The van der Waals surface area contributed by atoms with Gasteiger partial charge in [0.05, 0.1) is 34.8 Å². The number of aryl methyl sites for hydroxylation is 2. The predicted octanol–water partition coefficient (Wildman–Crippen LogP) is 5.18. The third-order valence-corrected chi connectivity index (χ3v) is 7.13. The molecule has 1 aromatic carbocycles. The molecule has 6 rings (SSSR count). The Morgan fingerprint density at radius 3 is 2.60 bits per heavy atom. The number of imidazole rings is 1. The highest BCUT2D eigenvalue weighted by Gasteiger charge is 2.31. The zero-order valence-corrected chi connectivity index (χ0v) is 19.8. The Morgan fingerprint density at radius 2 is 1.89 bits per heavy atom. The molecule has 5 heterocycles. The second kappa shape index (κ2) is 8.64. The lowest BCUT2D eigenvalue weighted by Gasteiger charge is -2.32. The van der Waals surface area contributed by atoms with Crippen molar-refractivity contribution >= 4 is 22.1 Å². The normalized spacial score (nSPS) is 15.5. The number of benzene rings is 1. The number of ether oxygens (including phenoxy) is 1. The van der Waals surface area contributed by atoms with Gasteiger partial charge in [0.15, 0.2) is 0 Å². The quantitative estimate of drug-likeness (QED) is 0.368. The van der Waals surface area contributed by atoms with Gasteiger partial charge in [0.1, 0.15) is 17.4 Å². The molecule has 35 heavy (non-hydrogen) atoms. The summed E-state index contributed by atoms with van der Waals surface area (Å²) in [7, 11) is 2.00. The molecule has 4 aromatic heterocycles. The Bertz CT molecular complexity index is 1550. The molecule has 0 radical (unpaired) electrons. The summed E-state index contributed by atoms with van der Waals surface area (Å²) < 4.78 is 10.1. The average molecular weight is 463 g/mol. The monoisotopic (exact) mass is 462 g/mol. The van der Waals surface area contributed by atoms with Crippen LogP contribution in [-0.2, 0) is 11.8 Å². The van der Waals surface area contributed by atoms with E-state index in [1.54, 1.807) is 6.07 Å². The van der Waals surface area contributed by atoms with Crippen molar-refractivity contribution < 1.29 is 4.74 Å².